The number of nitrogens with zero attached hydrogens (tertiary/aromatic N) is 2. The molecular formula is C19H20N2O4. The van der Waals surface area contributed by atoms with Gasteiger partial charge in [0.2, 0.25) is 0 Å². The average molecular weight is 340 g/mol. The lowest BCUT2D eigenvalue weighted by Gasteiger charge is -2.25. The first-order valence-corrected chi connectivity index (χ1v) is 8.21. The van der Waals surface area contributed by atoms with Crippen molar-refractivity contribution in [3.8, 4) is 5.75 Å². The second-order valence-electron chi connectivity index (χ2n) is 6.19. The first-order valence-electron chi connectivity index (χ1n) is 8.21. The predicted molar refractivity (Wildman–Crippen MR) is 93.8 cm³/mol. The molecule has 25 heavy (non-hydrogen) atoms. The largest absolute Gasteiger partial charge is 0.497 e. The molecule has 6 heteroatoms. The Morgan fingerprint density at radius 3 is 2.56 bits per heavy atom. The Labute approximate surface area is 146 Å². The molecule has 1 atom stereocenters. The maximum Gasteiger partial charge on any atom is 0.272 e. The molecule has 0 bridgehead atoms. The summed E-state index contributed by atoms with van der Waals surface area (Å²) in [7, 11) is 1.62. The lowest BCUT2D eigenvalue weighted by atomic mass is 10.0. The van der Waals surface area contributed by atoms with E-state index in [2.05, 4.69) is 0 Å². The molecule has 0 spiro atoms. The van der Waals surface area contributed by atoms with E-state index in [1.807, 2.05) is 29.2 Å². The monoisotopic (exact) mass is 340 g/mol. The number of ether oxygens (including phenoxy) is 1. The van der Waals surface area contributed by atoms with E-state index < -0.39 is 4.92 Å². The van der Waals surface area contributed by atoms with Crippen LogP contribution in [0, 0.1) is 17.0 Å². The molecule has 1 aliphatic rings. The Morgan fingerprint density at radius 1 is 1.24 bits per heavy atom. The van der Waals surface area contributed by atoms with Crippen LogP contribution in [-0.4, -0.2) is 29.4 Å². The SMILES string of the molecule is COc1ccc([C@H]2CCCN2C(=O)c2ccc([N+](=O)[O-])c(C)c2)cc1. The van der Waals surface area contributed by atoms with Crippen molar-refractivity contribution < 1.29 is 14.5 Å². The summed E-state index contributed by atoms with van der Waals surface area (Å²) in [5.41, 5.74) is 2.09. The van der Waals surface area contributed by atoms with Gasteiger partial charge in [0.05, 0.1) is 18.1 Å². The minimum Gasteiger partial charge on any atom is -0.497 e. The van der Waals surface area contributed by atoms with Crippen LogP contribution in [0.15, 0.2) is 42.5 Å². The summed E-state index contributed by atoms with van der Waals surface area (Å²) in [5, 5.41) is 10.9. The number of aryl methyl sites for hydroxylation is 1. The third-order valence-corrected chi connectivity index (χ3v) is 4.65. The van der Waals surface area contributed by atoms with Crippen LogP contribution in [0.1, 0.15) is 40.4 Å². The van der Waals surface area contributed by atoms with Gasteiger partial charge in [0, 0.05) is 23.7 Å². The Bertz CT molecular complexity index is 802. The summed E-state index contributed by atoms with van der Waals surface area (Å²) in [6.07, 6.45) is 1.85. The lowest BCUT2D eigenvalue weighted by Crippen LogP contribution is -2.30. The van der Waals surface area contributed by atoms with E-state index >= 15 is 0 Å². The second kappa shape index (κ2) is 6.93. The number of carbonyl (C=O) groups excluding carboxylic acids is 1. The Hall–Kier alpha value is -2.89. The molecule has 3 rings (SSSR count). The van der Waals surface area contributed by atoms with Gasteiger partial charge in [0.25, 0.3) is 11.6 Å². The molecule has 2 aromatic rings. The van der Waals surface area contributed by atoms with Crippen LogP contribution in [0.2, 0.25) is 0 Å². The van der Waals surface area contributed by atoms with Crippen LogP contribution in [-0.2, 0) is 0 Å². The Morgan fingerprint density at radius 2 is 1.96 bits per heavy atom. The number of hydrogen-bond donors (Lipinski definition) is 0. The molecule has 0 aliphatic carbocycles. The van der Waals surface area contributed by atoms with Crippen molar-refractivity contribution in [3.63, 3.8) is 0 Å². The van der Waals surface area contributed by atoms with E-state index in [1.165, 1.54) is 12.1 Å². The van der Waals surface area contributed by atoms with Gasteiger partial charge in [-0.1, -0.05) is 12.1 Å². The van der Waals surface area contributed by atoms with Gasteiger partial charge in [-0.2, -0.15) is 0 Å². The molecule has 1 aliphatic heterocycles. The smallest absolute Gasteiger partial charge is 0.272 e. The molecule has 0 radical (unpaired) electrons. The van der Waals surface area contributed by atoms with Gasteiger partial charge in [-0.25, -0.2) is 0 Å². The van der Waals surface area contributed by atoms with Crippen LogP contribution in [0.25, 0.3) is 0 Å². The summed E-state index contributed by atoms with van der Waals surface area (Å²) in [6, 6.07) is 12.3. The van der Waals surface area contributed by atoms with Crippen molar-refractivity contribution in [2.45, 2.75) is 25.8 Å². The van der Waals surface area contributed by atoms with E-state index in [4.69, 9.17) is 4.74 Å². The summed E-state index contributed by atoms with van der Waals surface area (Å²) < 4.78 is 5.18. The van der Waals surface area contributed by atoms with Gasteiger partial charge in [-0.15, -0.1) is 0 Å². The first-order chi connectivity index (χ1) is 12.0. The standard InChI is InChI=1S/C19H20N2O4/c1-13-12-15(7-10-17(13)21(23)24)19(22)20-11-3-4-18(20)14-5-8-16(25-2)9-6-14/h5-10,12,18H,3-4,11H2,1-2H3/t18-/m1/s1. The molecule has 1 saturated heterocycles. The van der Waals surface area contributed by atoms with E-state index in [0.717, 1.165) is 24.2 Å². The van der Waals surface area contributed by atoms with Gasteiger partial charge < -0.3 is 9.64 Å². The Balaban J connectivity index is 1.85. The van der Waals surface area contributed by atoms with E-state index in [0.29, 0.717) is 17.7 Å². The van der Waals surface area contributed by atoms with E-state index in [9.17, 15) is 14.9 Å². The highest BCUT2D eigenvalue weighted by Crippen LogP contribution is 2.34. The topological polar surface area (TPSA) is 72.7 Å². The lowest BCUT2D eigenvalue weighted by molar-refractivity contribution is -0.385. The molecule has 0 saturated carbocycles. The van der Waals surface area contributed by atoms with Crippen LogP contribution in [0.5, 0.6) is 5.75 Å². The fourth-order valence-corrected chi connectivity index (χ4v) is 3.34. The third-order valence-electron chi connectivity index (χ3n) is 4.65. The molecule has 1 fully saturated rings. The van der Waals surface area contributed by atoms with Gasteiger partial charge in [0.15, 0.2) is 0 Å². The highest BCUT2D eigenvalue weighted by atomic mass is 16.6. The van der Waals surface area contributed by atoms with Gasteiger partial charge in [0.1, 0.15) is 5.75 Å². The van der Waals surface area contributed by atoms with Crippen LogP contribution in [0.3, 0.4) is 0 Å². The van der Waals surface area contributed by atoms with Crippen LogP contribution >= 0.6 is 0 Å². The predicted octanol–water partition coefficient (Wildman–Crippen LogP) is 3.89. The van der Waals surface area contributed by atoms with Crippen molar-refractivity contribution in [2.75, 3.05) is 13.7 Å². The van der Waals surface area contributed by atoms with Crippen LogP contribution < -0.4 is 4.74 Å². The number of carbonyl (C=O) groups is 1. The fourth-order valence-electron chi connectivity index (χ4n) is 3.34. The summed E-state index contributed by atoms with van der Waals surface area (Å²) in [4.78, 5) is 25.3. The summed E-state index contributed by atoms with van der Waals surface area (Å²) in [6.45, 7) is 2.34. The number of methoxy groups -OCH3 is 1. The molecule has 0 aromatic heterocycles. The zero-order valence-electron chi connectivity index (χ0n) is 14.3. The van der Waals surface area contributed by atoms with E-state index in [1.54, 1.807) is 20.1 Å². The molecule has 0 unspecified atom stereocenters. The number of likely N-dealkylation sites (tertiary alicyclic amines) is 1. The normalized spacial score (nSPS) is 16.7. The summed E-state index contributed by atoms with van der Waals surface area (Å²) >= 11 is 0. The van der Waals surface area contributed by atoms with Crippen molar-refractivity contribution in [3.05, 3.63) is 69.3 Å². The maximum atomic E-state index is 12.9. The van der Waals surface area contributed by atoms with Gasteiger partial charge in [-0.05, 0) is 49.6 Å². The fraction of sp³-hybridized carbons (Fsp3) is 0.316. The number of amides is 1. The number of benzene rings is 2. The quantitative estimate of drug-likeness (QED) is 0.625. The van der Waals surface area contributed by atoms with Crippen molar-refractivity contribution in [2.24, 2.45) is 0 Å². The molecule has 1 heterocycles. The number of nitro groups is 1. The highest BCUT2D eigenvalue weighted by molar-refractivity contribution is 5.95. The minimum atomic E-state index is -0.431. The van der Waals surface area contributed by atoms with Crippen molar-refractivity contribution in [1.29, 1.82) is 0 Å². The van der Waals surface area contributed by atoms with Crippen LogP contribution in [0.4, 0.5) is 5.69 Å². The molecule has 0 N–H and O–H groups in total. The first kappa shape index (κ1) is 17.0. The maximum absolute atomic E-state index is 12.9. The highest BCUT2D eigenvalue weighted by Gasteiger charge is 2.31. The minimum absolute atomic E-state index is 0.0221. The summed E-state index contributed by atoms with van der Waals surface area (Å²) in [5.74, 6) is 0.696. The Kier molecular flexibility index (Phi) is 4.70. The van der Waals surface area contributed by atoms with E-state index in [-0.39, 0.29) is 17.6 Å². The van der Waals surface area contributed by atoms with Crippen molar-refractivity contribution >= 4 is 11.6 Å². The molecule has 130 valence electrons. The molecule has 1 amide bonds. The molecule has 2 aromatic carbocycles. The molecular weight excluding hydrogens is 320 g/mol. The second-order valence-corrected chi connectivity index (χ2v) is 6.19. The number of nitro benzene ring substituents is 1. The third kappa shape index (κ3) is 3.33. The van der Waals surface area contributed by atoms with Gasteiger partial charge in [-0.3, -0.25) is 14.9 Å². The van der Waals surface area contributed by atoms with Crippen molar-refractivity contribution in [1.82, 2.24) is 4.90 Å². The zero-order valence-corrected chi connectivity index (χ0v) is 14.3. The number of rotatable bonds is 4. The average Bonchev–Trinajstić information content (AvgIpc) is 3.10. The molecule has 6 nitrogen and oxygen atoms in total. The van der Waals surface area contributed by atoms with Gasteiger partial charge >= 0.3 is 0 Å². The number of hydrogen-bond acceptors (Lipinski definition) is 4. The zero-order chi connectivity index (χ0) is 18.0.